The fourth-order valence-corrected chi connectivity index (χ4v) is 4.27. The topological polar surface area (TPSA) is 74.2 Å². The van der Waals surface area contributed by atoms with Crippen LogP contribution in [0.3, 0.4) is 0 Å². The van der Waals surface area contributed by atoms with Gasteiger partial charge in [0.2, 0.25) is 5.91 Å². The number of aryl methyl sites for hydroxylation is 1. The number of nitrogens with zero attached hydrogens (tertiary/aromatic N) is 4. The highest BCUT2D eigenvalue weighted by molar-refractivity contribution is 6.30. The van der Waals surface area contributed by atoms with Crippen molar-refractivity contribution in [3.05, 3.63) is 69.6 Å². The van der Waals surface area contributed by atoms with Crippen LogP contribution in [0, 0.1) is 6.92 Å². The number of aromatic amines is 1. The van der Waals surface area contributed by atoms with E-state index in [9.17, 15) is 9.59 Å². The van der Waals surface area contributed by atoms with Gasteiger partial charge in [-0.25, -0.2) is 4.68 Å². The molecule has 0 saturated carbocycles. The summed E-state index contributed by atoms with van der Waals surface area (Å²) >= 11 is 5.96. The summed E-state index contributed by atoms with van der Waals surface area (Å²) in [5.74, 6) is -0.100. The highest BCUT2D eigenvalue weighted by Gasteiger charge is 2.22. The number of amides is 1. The molecule has 1 N–H and O–H groups in total. The first-order valence-corrected chi connectivity index (χ1v) is 10.6. The minimum atomic E-state index is -0.278. The van der Waals surface area contributed by atoms with Crippen LogP contribution in [0.15, 0.2) is 53.5 Å². The Labute approximate surface area is 183 Å². The molecule has 1 aliphatic heterocycles. The van der Waals surface area contributed by atoms with Gasteiger partial charge in [0.05, 0.1) is 6.20 Å². The number of nitrogens with one attached hydrogen (secondary N) is 1. The molecule has 1 amide bonds. The number of hydrogen-bond donors (Lipinski definition) is 1. The molecule has 0 unspecified atom stereocenters. The summed E-state index contributed by atoms with van der Waals surface area (Å²) in [5, 5.41) is 6.73. The predicted octanol–water partition coefficient (Wildman–Crippen LogP) is 3.19. The smallest absolute Gasteiger partial charge is 0.291 e. The second-order valence-corrected chi connectivity index (χ2v) is 8.35. The van der Waals surface area contributed by atoms with Crippen LogP contribution < -0.4 is 10.5 Å². The van der Waals surface area contributed by atoms with Crippen molar-refractivity contribution in [3.8, 4) is 0 Å². The maximum Gasteiger partial charge on any atom is 0.291 e. The van der Waals surface area contributed by atoms with E-state index < -0.39 is 0 Å². The number of anilines is 1. The van der Waals surface area contributed by atoms with E-state index in [1.807, 2.05) is 49.4 Å². The van der Waals surface area contributed by atoms with Crippen molar-refractivity contribution in [1.29, 1.82) is 0 Å². The Balaban J connectivity index is 1.31. The van der Waals surface area contributed by atoms with Gasteiger partial charge in [-0.2, -0.15) is 5.10 Å². The van der Waals surface area contributed by atoms with E-state index in [0.717, 1.165) is 40.6 Å². The summed E-state index contributed by atoms with van der Waals surface area (Å²) in [4.78, 5) is 33.0. The molecule has 158 valence electrons. The Kier molecular flexibility index (Phi) is 4.90. The van der Waals surface area contributed by atoms with Gasteiger partial charge in [0.15, 0.2) is 0 Å². The van der Waals surface area contributed by atoms with Gasteiger partial charge in [-0.1, -0.05) is 23.2 Å². The molecule has 2 aromatic carbocycles. The van der Waals surface area contributed by atoms with Crippen LogP contribution >= 0.6 is 11.6 Å². The zero-order valence-electron chi connectivity index (χ0n) is 17.1. The van der Waals surface area contributed by atoms with Crippen molar-refractivity contribution in [2.45, 2.75) is 13.5 Å². The highest BCUT2D eigenvalue weighted by Crippen LogP contribution is 2.23. The number of H-pyrrole nitrogens is 1. The van der Waals surface area contributed by atoms with Crippen LogP contribution in [0.25, 0.3) is 21.8 Å². The van der Waals surface area contributed by atoms with Crippen molar-refractivity contribution < 1.29 is 4.79 Å². The molecule has 1 aliphatic rings. The van der Waals surface area contributed by atoms with Gasteiger partial charge in [0.1, 0.15) is 12.1 Å². The average molecular weight is 436 g/mol. The molecule has 31 heavy (non-hydrogen) atoms. The lowest BCUT2D eigenvalue weighted by Crippen LogP contribution is -2.50. The summed E-state index contributed by atoms with van der Waals surface area (Å²) < 4.78 is 1.25. The maximum atomic E-state index is 12.9. The van der Waals surface area contributed by atoms with Crippen LogP contribution in [-0.4, -0.2) is 51.8 Å². The van der Waals surface area contributed by atoms with E-state index in [0.29, 0.717) is 23.6 Å². The fraction of sp³-hybridized carbons (Fsp3) is 0.261. The van der Waals surface area contributed by atoms with Gasteiger partial charge in [-0.3, -0.25) is 9.59 Å². The zero-order chi connectivity index (χ0) is 21.5. The molecule has 2 aromatic heterocycles. The number of rotatable bonds is 3. The number of piperazine rings is 1. The molecule has 7 nitrogen and oxygen atoms in total. The molecule has 0 bridgehead atoms. The van der Waals surface area contributed by atoms with Crippen LogP contribution in [0.2, 0.25) is 5.02 Å². The van der Waals surface area contributed by atoms with Crippen LogP contribution in [0.5, 0.6) is 0 Å². The number of carbonyl (C=O) groups excluding carboxylic acids is 1. The summed E-state index contributed by atoms with van der Waals surface area (Å²) in [7, 11) is 0. The van der Waals surface area contributed by atoms with Crippen LogP contribution in [0.1, 0.15) is 5.56 Å². The zero-order valence-corrected chi connectivity index (χ0v) is 17.9. The second-order valence-electron chi connectivity index (χ2n) is 7.91. The molecule has 0 radical (unpaired) electrons. The number of fused-ring (bicyclic) bond motifs is 3. The predicted molar refractivity (Wildman–Crippen MR) is 123 cm³/mol. The van der Waals surface area contributed by atoms with E-state index in [4.69, 9.17) is 11.6 Å². The molecule has 1 saturated heterocycles. The van der Waals surface area contributed by atoms with Crippen molar-refractivity contribution >= 4 is 45.0 Å². The Hall–Kier alpha value is -3.32. The number of hydrogen-bond acceptors (Lipinski definition) is 4. The molecule has 8 heteroatoms. The molecule has 5 rings (SSSR count). The third kappa shape index (κ3) is 3.65. The highest BCUT2D eigenvalue weighted by atomic mass is 35.5. The average Bonchev–Trinajstić information content (AvgIpc) is 3.15. The lowest BCUT2D eigenvalue weighted by molar-refractivity contribution is -0.132. The van der Waals surface area contributed by atoms with Crippen LogP contribution in [0.4, 0.5) is 5.69 Å². The minimum absolute atomic E-state index is 0.0654. The van der Waals surface area contributed by atoms with E-state index in [2.05, 4.69) is 15.0 Å². The SMILES string of the molecule is Cc1ccc2[nH]c3c(=O)n(CC(=O)N4CCN(c5ccc(Cl)cc5)CC4)ncc3c2c1. The van der Waals surface area contributed by atoms with E-state index >= 15 is 0 Å². The quantitative estimate of drug-likeness (QED) is 0.536. The molecule has 0 aliphatic carbocycles. The van der Waals surface area contributed by atoms with E-state index in [1.165, 1.54) is 4.68 Å². The molecule has 0 atom stereocenters. The van der Waals surface area contributed by atoms with Gasteiger partial charge in [0.25, 0.3) is 5.56 Å². The molecule has 1 fully saturated rings. The van der Waals surface area contributed by atoms with Gasteiger partial charge < -0.3 is 14.8 Å². The molecule has 3 heterocycles. The summed E-state index contributed by atoms with van der Waals surface area (Å²) in [6, 6.07) is 13.7. The number of aromatic nitrogens is 3. The number of carbonyl (C=O) groups is 1. The summed E-state index contributed by atoms with van der Waals surface area (Å²) in [6.07, 6.45) is 1.67. The van der Waals surface area contributed by atoms with E-state index in [-0.39, 0.29) is 18.0 Å². The summed E-state index contributed by atoms with van der Waals surface area (Å²) in [6.45, 7) is 4.61. The van der Waals surface area contributed by atoms with Crippen molar-refractivity contribution in [2.75, 3.05) is 31.1 Å². The molecular weight excluding hydrogens is 414 g/mol. The Bertz CT molecular complexity index is 1330. The Morgan fingerprint density at radius 2 is 1.81 bits per heavy atom. The van der Waals surface area contributed by atoms with Crippen LogP contribution in [-0.2, 0) is 11.3 Å². The van der Waals surface area contributed by atoms with Gasteiger partial charge in [-0.05, 0) is 43.3 Å². The number of benzene rings is 2. The normalized spacial score (nSPS) is 14.5. The Morgan fingerprint density at radius 3 is 2.55 bits per heavy atom. The molecule has 0 spiro atoms. The molecule has 4 aromatic rings. The first kappa shape index (κ1) is 19.6. The third-order valence-corrected chi connectivity index (χ3v) is 6.13. The third-order valence-electron chi connectivity index (χ3n) is 5.88. The van der Waals surface area contributed by atoms with Gasteiger partial charge in [-0.15, -0.1) is 0 Å². The second kappa shape index (κ2) is 7.74. The summed E-state index contributed by atoms with van der Waals surface area (Å²) in [5.41, 5.74) is 3.30. The first-order valence-electron chi connectivity index (χ1n) is 10.3. The standard InChI is InChI=1S/C23H22ClN5O2/c1-15-2-7-20-18(12-15)19-13-25-29(23(31)22(19)26-20)14-21(30)28-10-8-27(9-11-28)17-5-3-16(24)4-6-17/h2-7,12-13,26H,8-11,14H2,1H3. The minimum Gasteiger partial charge on any atom is -0.368 e. The monoisotopic (exact) mass is 435 g/mol. The first-order chi connectivity index (χ1) is 15.0. The Morgan fingerprint density at radius 1 is 1.06 bits per heavy atom. The van der Waals surface area contributed by atoms with E-state index in [1.54, 1.807) is 11.1 Å². The molecular formula is C23H22ClN5O2. The lowest BCUT2D eigenvalue weighted by atomic mass is 10.1. The van der Waals surface area contributed by atoms with Gasteiger partial charge >= 0.3 is 0 Å². The number of halogens is 1. The fourth-order valence-electron chi connectivity index (χ4n) is 4.14. The maximum absolute atomic E-state index is 12.9. The van der Waals surface area contributed by atoms with Gasteiger partial charge in [0, 0.05) is 53.2 Å². The van der Waals surface area contributed by atoms with Crippen molar-refractivity contribution in [1.82, 2.24) is 19.7 Å². The largest absolute Gasteiger partial charge is 0.368 e. The van der Waals surface area contributed by atoms with Crippen molar-refractivity contribution in [3.63, 3.8) is 0 Å². The lowest BCUT2D eigenvalue weighted by Gasteiger charge is -2.36. The van der Waals surface area contributed by atoms with Crippen molar-refractivity contribution in [2.24, 2.45) is 0 Å².